The molecule has 2 atom stereocenters. The Balaban J connectivity index is 1.62. The Kier molecular flexibility index (Phi) is 5.34. The Hall–Kier alpha value is -3.86. The van der Waals surface area contributed by atoms with Crippen molar-refractivity contribution in [1.82, 2.24) is 10.3 Å². The van der Waals surface area contributed by atoms with E-state index in [-0.39, 0.29) is 5.56 Å². The van der Waals surface area contributed by atoms with Gasteiger partial charge >= 0.3 is 12.3 Å². The van der Waals surface area contributed by atoms with Crippen LogP contribution in [0, 0.1) is 17.7 Å². The molecule has 8 heteroatoms. The summed E-state index contributed by atoms with van der Waals surface area (Å²) in [5.74, 6) is 5.02. The van der Waals surface area contributed by atoms with Gasteiger partial charge in [-0.25, -0.2) is 9.18 Å². The molecule has 4 rings (SSSR count). The fraction of sp³-hybridized carbons (Fsp3) is 0.130. The van der Waals surface area contributed by atoms with Gasteiger partial charge in [-0.15, -0.1) is 0 Å². The normalized spacial score (nSPS) is 18.0. The summed E-state index contributed by atoms with van der Waals surface area (Å²) < 4.78 is 57.5. The van der Waals surface area contributed by atoms with Crippen molar-refractivity contribution in [2.75, 3.05) is 0 Å². The minimum Gasteiger partial charge on any atom is -0.439 e. The molecule has 0 unspecified atom stereocenters. The van der Waals surface area contributed by atoms with Crippen LogP contribution in [0.1, 0.15) is 40.0 Å². The Labute approximate surface area is 174 Å². The molecule has 1 aliphatic rings. The van der Waals surface area contributed by atoms with E-state index in [1.165, 1.54) is 42.7 Å². The molecule has 3 aromatic rings. The first-order chi connectivity index (χ1) is 14.8. The molecule has 0 aliphatic carbocycles. The third kappa shape index (κ3) is 4.67. The highest BCUT2D eigenvalue weighted by Crippen LogP contribution is 2.36. The van der Waals surface area contributed by atoms with Gasteiger partial charge in [0.25, 0.3) is 0 Å². The predicted molar refractivity (Wildman–Crippen MR) is 103 cm³/mol. The van der Waals surface area contributed by atoms with E-state index in [4.69, 9.17) is 4.74 Å². The molecule has 4 nitrogen and oxygen atoms in total. The van der Waals surface area contributed by atoms with Crippen LogP contribution in [-0.4, -0.2) is 11.1 Å². The molecule has 1 aromatic heterocycles. The van der Waals surface area contributed by atoms with Crippen LogP contribution in [0.5, 0.6) is 0 Å². The van der Waals surface area contributed by atoms with Crippen molar-refractivity contribution in [3.05, 3.63) is 101 Å². The van der Waals surface area contributed by atoms with Crippen molar-refractivity contribution in [3.63, 3.8) is 0 Å². The molecular formula is C23H14F4N2O2. The molecule has 2 aromatic carbocycles. The number of carbonyl (C=O) groups excluding carboxylic acids is 1. The molecule has 1 N–H and O–H groups in total. The average molecular weight is 426 g/mol. The van der Waals surface area contributed by atoms with Gasteiger partial charge in [0.15, 0.2) is 6.10 Å². The maximum absolute atomic E-state index is 13.6. The molecular weight excluding hydrogens is 412 g/mol. The number of halogens is 4. The summed E-state index contributed by atoms with van der Waals surface area (Å²) in [6, 6.07) is 11.5. The molecule has 0 saturated carbocycles. The first-order valence-corrected chi connectivity index (χ1v) is 9.16. The average Bonchev–Trinajstić information content (AvgIpc) is 3.14. The van der Waals surface area contributed by atoms with Gasteiger partial charge in [-0.1, -0.05) is 30.0 Å². The highest BCUT2D eigenvalue weighted by atomic mass is 19.4. The number of ether oxygens (including phenoxy) is 1. The molecule has 1 amide bonds. The SMILES string of the molecule is O=C1N[C@H](c2cncc(C#Cc3cccc(C(F)(F)F)c3)c2)[C@@H](c2cccc(F)c2)O1. The second-order valence-electron chi connectivity index (χ2n) is 6.84. The van der Waals surface area contributed by atoms with Crippen LogP contribution in [-0.2, 0) is 10.9 Å². The molecule has 0 spiro atoms. The summed E-state index contributed by atoms with van der Waals surface area (Å²) in [6.45, 7) is 0. The molecule has 1 aliphatic heterocycles. The highest BCUT2D eigenvalue weighted by molar-refractivity contribution is 5.71. The maximum atomic E-state index is 13.6. The molecule has 0 radical (unpaired) electrons. The Morgan fingerprint density at radius 1 is 0.935 bits per heavy atom. The molecule has 2 heterocycles. The second kappa shape index (κ2) is 8.11. The molecule has 31 heavy (non-hydrogen) atoms. The van der Waals surface area contributed by atoms with Gasteiger partial charge in [-0.2, -0.15) is 13.2 Å². The molecule has 1 saturated heterocycles. The monoisotopic (exact) mass is 426 g/mol. The van der Waals surface area contributed by atoms with Crippen molar-refractivity contribution < 1.29 is 27.1 Å². The van der Waals surface area contributed by atoms with Gasteiger partial charge in [0.05, 0.1) is 5.56 Å². The largest absolute Gasteiger partial charge is 0.439 e. The van der Waals surface area contributed by atoms with E-state index in [0.717, 1.165) is 12.1 Å². The molecule has 156 valence electrons. The van der Waals surface area contributed by atoms with Crippen LogP contribution >= 0.6 is 0 Å². The van der Waals surface area contributed by atoms with Crippen LogP contribution in [0.25, 0.3) is 0 Å². The van der Waals surface area contributed by atoms with Crippen LogP contribution < -0.4 is 5.32 Å². The van der Waals surface area contributed by atoms with E-state index in [9.17, 15) is 22.4 Å². The summed E-state index contributed by atoms with van der Waals surface area (Å²) in [5, 5.41) is 2.67. The van der Waals surface area contributed by atoms with Gasteiger partial charge in [0, 0.05) is 23.5 Å². The fourth-order valence-corrected chi connectivity index (χ4v) is 3.24. The number of carbonyl (C=O) groups is 1. The van der Waals surface area contributed by atoms with Gasteiger partial charge in [0.1, 0.15) is 11.9 Å². The number of nitrogens with one attached hydrogen (secondary N) is 1. The van der Waals surface area contributed by atoms with Crippen LogP contribution in [0.3, 0.4) is 0 Å². The summed E-state index contributed by atoms with van der Waals surface area (Å²) >= 11 is 0. The van der Waals surface area contributed by atoms with E-state index in [2.05, 4.69) is 22.1 Å². The highest BCUT2D eigenvalue weighted by Gasteiger charge is 2.37. The Bertz CT molecular complexity index is 1200. The first kappa shape index (κ1) is 20.4. The number of amides is 1. The minimum absolute atomic E-state index is 0.204. The summed E-state index contributed by atoms with van der Waals surface area (Å²) in [6.07, 6.45) is -2.90. The number of nitrogens with zero attached hydrogens (tertiary/aromatic N) is 1. The zero-order chi connectivity index (χ0) is 22.0. The molecule has 1 fully saturated rings. The lowest BCUT2D eigenvalue weighted by molar-refractivity contribution is -0.137. The topological polar surface area (TPSA) is 51.2 Å². The van der Waals surface area contributed by atoms with Crippen LogP contribution in [0.4, 0.5) is 22.4 Å². The van der Waals surface area contributed by atoms with Gasteiger partial charge in [0.2, 0.25) is 0 Å². The third-order valence-corrected chi connectivity index (χ3v) is 4.65. The third-order valence-electron chi connectivity index (χ3n) is 4.65. The van der Waals surface area contributed by atoms with Crippen LogP contribution in [0.15, 0.2) is 67.0 Å². The number of cyclic esters (lactones) is 1. The van der Waals surface area contributed by atoms with E-state index < -0.39 is 35.8 Å². The number of alkyl halides is 3. The Morgan fingerprint density at radius 2 is 1.71 bits per heavy atom. The number of alkyl carbamates (subject to hydrolysis) is 1. The zero-order valence-corrected chi connectivity index (χ0v) is 15.8. The summed E-state index contributed by atoms with van der Waals surface area (Å²) in [4.78, 5) is 15.9. The predicted octanol–water partition coefficient (Wildman–Crippen LogP) is 5.16. The van der Waals surface area contributed by atoms with Crippen LogP contribution in [0.2, 0.25) is 0 Å². The van der Waals surface area contributed by atoms with Crippen molar-refractivity contribution >= 4 is 6.09 Å². The van der Waals surface area contributed by atoms with Crippen molar-refractivity contribution in [2.24, 2.45) is 0 Å². The van der Waals surface area contributed by atoms with E-state index >= 15 is 0 Å². The first-order valence-electron chi connectivity index (χ1n) is 9.16. The number of pyridine rings is 1. The van der Waals surface area contributed by atoms with Gasteiger partial charge in [-0.05, 0) is 47.5 Å². The van der Waals surface area contributed by atoms with Crippen molar-refractivity contribution in [3.8, 4) is 11.8 Å². The van der Waals surface area contributed by atoms with E-state index in [1.807, 2.05) is 0 Å². The standard InChI is InChI=1S/C23H14F4N2O2/c24-19-6-2-4-16(11-19)21-20(29-22(30)31-21)17-9-15(12-28-13-17)8-7-14-3-1-5-18(10-14)23(25,26)27/h1-6,9-13,20-21H,(H,29,30)/t20-,21-/m1/s1. The number of aromatic nitrogens is 1. The Morgan fingerprint density at radius 3 is 2.48 bits per heavy atom. The lowest BCUT2D eigenvalue weighted by atomic mass is 9.97. The second-order valence-corrected chi connectivity index (χ2v) is 6.84. The zero-order valence-electron chi connectivity index (χ0n) is 15.8. The minimum atomic E-state index is -4.45. The van der Waals surface area contributed by atoms with Gasteiger partial charge in [-0.3, -0.25) is 4.98 Å². The number of hydrogen-bond acceptors (Lipinski definition) is 3. The van der Waals surface area contributed by atoms with E-state index in [1.54, 1.807) is 12.1 Å². The summed E-state index contributed by atoms with van der Waals surface area (Å²) in [7, 11) is 0. The maximum Gasteiger partial charge on any atom is 0.416 e. The van der Waals surface area contributed by atoms with Crippen molar-refractivity contribution in [1.29, 1.82) is 0 Å². The number of benzene rings is 2. The number of rotatable bonds is 2. The van der Waals surface area contributed by atoms with Gasteiger partial charge < -0.3 is 10.1 Å². The lowest BCUT2D eigenvalue weighted by Crippen LogP contribution is -2.19. The fourth-order valence-electron chi connectivity index (χ4n) is 3.24. The summed E-state index contributed by atoms with van der Waals surface area (Å²) in [5.41, 5.74) is 0.902. The number of hydrogen-bond donors (Lipinski definition) is 1. The lowest BCUT2D eigenvalue weighted by Gasteiger charge is -2.17. The quantitative estimate of drug-likeness (QED) is 0.455. The van der Waals surface area contributed by atoms with Crippen molar-refractivity contribution in [2.45, 2.75) is 18.3 Å². The molecule has 0 bridgehead atoms. The smallest absolute Gasteiger partial charge is 0.416 e. The van der Waals surface area contributed by atoms with E-state index in [0.29, 0.717) is 16.7 Å².